The van der Waals surface area contributed by atoms with Crippen molar-refractivity contribution in [3.63, 3.8) is 0 Å². The Bertz CT molecular complexity index is 486. The van der Waals surface area contributed by atoms with E-state index in [4.69, 9.17) is 15.6 Å². The summed E-state index contributed by atoms with van der Waals surface area (Å²) in [6.07, 6.45) is 0. The number of nitrogens with two attached hydrogens (primary N) is 1. The number of nitrogens with one attached hydrogen (secondary N) is 1. The summed E-state index contributed by atoms with van der Waals surface area (Å²) >= 11 is 0. The maximum Gasteiger partial charge on any atom is 0.322 e. The fourth-order valence-electron chi connectivity index (χ4n) is 1.94. The maximum absolute atomic E-state index is 11.7. The zero-order chi connectivity index (χ0) is 12.6. The first-order chi connectivity index (χ1) is 8.06. The van der Waals surface area contributed by atoms with Crippen LogP contribution in [0, 0.1) is 0 Å². The SMILES string of the molecule is COc1cccc2c1C(=O)N[C@@H]2[C@H](N)C(=O)O. The van der Waals surface area contributed by atoms with Crippen molar-refractivity contribution in [3.05, 3.63) is 29.3 Å². The Kier molecular flexibility index (Phi) is 2.72. The van der Waals surface area contributed by atoms with E-state index in [0.29, 0.717) is 16.9 Å². The molecular formula is C11H12N2O4. The molecule has 0 aliphatic carbocycles. The molecule has 6 heteroatoms. The predicted molar refractivity (Wildman–Crippen MR) is 58.8 cm³/mol. The Morgan fingerprint density at radius 2 is 2.29 bits per heavy atom. The number of methoxy groups -OCH3 is 1. The van der Waals surface area contributed by atoms with Crippen molar-refractivity contribution in [2.45, 2.75) is 12.1 Å². The second-order valence-corrected chi connectivity index (χ2v) is 3.74. The molecule has 2 rings (SSSR count). The van der Waals surface area contributed by atoms with Gasteiger partial charge in [-0.15, -0.1) is 0 Å². The summed E-state index contributed by atoms with van der Waals surface area (Å²) in [4.78, 5) is 22.6. The molecule has 1 aliphatic heterocycles. The van der Waals surface area contributed by atoms with Crippen molar-refractivity contribution in [2.24, 2.45) is 5.73 Å². The average molecular weight is 236 g/mol. The monoisotopic (exact) mass is 236 g/mol. The Morgan fingerprint density at radius 1 is 1.59 bits per heavy atom. The highest BCUT2D eigenvalue weighted by Gasteiger charge is 2.37. The van der Waals surface area contributed by atoms with Gasteiger partial charge in [0.2, 0.25) is 0 Å². The fourth-order valence-corrected chi connectivity index (χ4v) is 1.94. The summed E-state index contributed by atoms with van der Waals surface area (Å²) in [6, 6.07) is 3.12. The Morgan fingerprint density at radius 3 is 2.88 bits per heavy atom. The fraction of sp³-hybridized carbons (Fsp3) is 0.273. The van der Waals surface area contributed by atoms with Crippen LogP contribution in [0.5, 0.6) is 5.75 Å². The van der Waals surface area contributed by atoms with Gasteiger partial charge in [-0.25, -0.2) is 0 Å². The van der Waals surface area contributed by atoms with Crippen LogP contribution in [-0.2, 0) is 4.79 Å². The van der Waals surface area contributed by atoms with Crippen LogP contribution in [-0.4, -0.2) is 30.1 Å². The van der Waals surface area contributed by atoms with Gasteiger partial charge in [0.15, 0.2) is 0 Å². The van der Waals surface area contributed by atoms with E-state index in [1.54, 1.807) is 18.2 Å². The van der Waals surface area contributed by atoms with Crippen molar-refractivity contribution in [2.75, 3.05) is 7.11 Å². The van der Waals surface area contributed by atoms with Crippen LogP contribution in [0.4, 0.5) is 0 Å². The number of carboxylic acids is 1. The first-order valence-corrected chi connectivity index (χ1v) is 5.02. The van der Waals surface area contributed by atoms with Crippen LogP contribution in [0.2, 0.25) is 0 Å². The van der Waals surface area contributed by atoms with Crippen LogP contribution in [0.25, 0.3) is 0 Å². The lowest BCUT2D eigenvalue weighted by atomic mass is 9.99. The standard InChI is InChI=1S/C11H12N2O4/c1-17-6-4-2-3-5-7(6)10(14)13-9(5)8(12)11(15)16/h2-4,8-9H,12H2,1H3,(H,13,14)(H,15,16)/t8-,9-/m0/s1. The van der Waals surface area contributed by atoms with Gasteiger partial charge < -0.3 is 20.9 Å². The molecule has 0 radical (unpaired) electrons. The van der Waals surface area contributed by atoms with Gasteiger partial charge in [0.25, 0.3) is 5.91 Å². The lowest BCUT2D eigenvalue weighted by Crippen LogP contribution is -2.41. The molecule has 0 unspecified atom stereocenters. The Balaban J connectivity index is 2.48. The molecule has 1 aliphatic rings. The number of carbonyl (C=O) groups is 2. The maximum atomic E-state index is 11.7. The van der Waals surface area contributed by atoms with Crippen LogP contribution in [0.1, 0.15) is 22.0 Å². The molecule has 1 aromatic carbocycles. The predicted octanol–water partition coefficient (Wildman–Crippen LogP) is -0.108. The van der Waals surface area contributed by atoms with E-state index in [-0.39, 0.29) is 5.91 Å². The summed E-state index contributed by atoms with van der Waals surface area (Å²) in [5.41, 5.74) is 6.45. The van der Waals surface area contributed by atoms with Crippen LogP contribution >= 0.6 is 0 Å². The molecule has 0 bridgehead atoms. The highest BCUT2D eigenvalue weighted by Crippen LogP contribution is 2.33. The number of benzene rings is 1. The van der Waals surface area contributed by atoms with Gasteiger partial charge in [-0.2, -0.15) is 0 Å². The van der Waals surface area contributed by atoms with Crippen molar-refractivity contribution in [3.8, 4) is 5.75 Å². The number of carboxylic acid groups (broad SMARTS) is 1. The van der Waals surface area contributed by atoms with E-state index in [1.165, 1.54) is 7.11 Å². The second-order valence-electron chi connectivity index (χ2n) is 3.74. The Hall–Kier alpha value is -2.08. The number of carbonyl (C=O) groups excluding carboxylic acids is 1. The van der Waals surface area contributed by atoms with E-state index in [1.807, 2.05) is 0 Å². The number of rotatable bonds is 3. The van der Waals surface area contributed by atoms with Gasteiger partial charge in [0.05, 0.1) is 18.7 Å². The summed E-state index contributed by atoms with van der Waals surface area (Å²) in [5, 5.41) is 11.4. The number of aliphatic carboxylic acids is 1. The van der Waals surface area contributed by atoms with E-state index in [9.17, 15) is 9.59 Å². The minimum Gasteiger partial charge on any atom is -0.496 e. The van der Waals surface area contributed by atoms with Crippen molar-refractivity contribution in [1.29, 1.82) is 0 Å². The quantitative estimate of drug-likeness (QED) is 0.679. The minimum absolute atomic E-state index is 0.358. The molecule has 4 N–H and O–H groups in total. The minimum atomic E-state index is -1.17. The number of ether oxygens (including phenoxy) is 1. The van der Waals surface area contributed by atoms with Crippen LogP contribution in [0.15, 0.2) is 18.2 Å². The normalized spacial score (nSPS) is 19.4. The zero-order valence-corrected chi connectivity index (χ0v) is 9.14. The molecule has 90 valence electrons. The third-order valence-corrected chi connectivity index (χ3v) is 2.77. The van der Waals surface area contributed by atoms with Gasteiger partial charge in [-0.1, -0.05) is 12.1 Å². The highest BCUT2D eigenvalue weighted by atomic mass is 16.5. The number of hydrogen-bond acceptors (Lipinski definition) is 4. The number of fused-ring (bicyclic) bond motifs is 1. The lowest BCUT2D eigenvalue weighted by Gasteiger charge is -2.16. The molecule has 1 amide bonds. The third kappa shape index (κ3) is 1.72. The molecule has 0 spiro atoms. The zero-order valence-electron chi connectivity index (χ0n) is 9.14. The van der Waals surface area contributed by atoms with Crippen molar-refractivity contribution < 1.29 is 19.4 Å². The summed E-state index contributed by atoms with van der Waals surface area (Å²) in [5.74, 6) is -1.11. The number of hydrogen-bond donors (Lipinski definition) is 3. The molecule has 0 fully saturated rings. The van der Waals surface area contributed by atoms with E-state index >= 15 is 0 Å². The van der Waals surface area contributed by atoms with Gasteiger partial charge in [0.1, 0.15) is 11.8 Å². The lowest BCUT2D eigenvalue weighted by molar-refractivity contribution is -0.139. The summed E-state index contributed by atoms with van der Waals surface area (Å²) < 4.78 is 5.07. The average Bonchev–Trinajstić information content (AvgIpc) is 2.66. The molecule has 17 heavy (non-hydrogen) atoms. The first-order valence-electron chi connectivity index (χ1n) is 5.02. The third-order valence-electron chi connectivity index (χ3n) is 2.77. The van der Waals surface area contributed by atoms with Gasteiger partial charge in [0, 0.05) is 0 Å². The molecule has 0 saturated carbocycles. The van der Waals surface area contributed by atoms with Crippen LogP contribution in [0.3, 0.4) is 0 Å². The van der Waals surface area contributed by atoms with E-state index < -0.39 is 18.1 Å². The topological polar surface area (TPSA) is 102 Å². The Labute approximate surface area is 97.4 Å². The van der Waals surface area contributed by atoms with Crippen molar-refractivity contribution in [1.82, 2.24) is 5.32 Å². The van der Waals surface area contributed by atoms with Gasteiger partial charge in [-0.05, 0) is 11.6 Å². The molecular weight excluding hydrogens is 224 g/mol. The molecule has 6 nitrogen and oxygen atoms in total. The van der Waals surface area contributed by atoms with E-state index in [0.717, 1.165) is 0 Å². The highest BCUT2D eigenvalue weighted by molar-refractivity contribution is 6.02. The first kappa shape index (κ1) is 11.4. The van der Waals surface area contributed by atoms with E-state index in [2.05, 4.69) is 5.32 Å². The molecule has 1 aromatic rings. The van der Waals surface area contributed by atoms with Gasteiger partial charge in [-0.3, -0.25) is 9.59 Å². The largest absolute Gasteiger partial charge is 0.496 e. The second kappa shape index (κ2) is 4.06. The number of amides is 1. The molecule has 1 heterocycles. The van der Waals surface area contributed by atoms with Gasteiger partial charge >= 0.3 is 5.97 Å². The van der Waals surface area contributed by atoms with Crippen molar-refractivity contribution >= 4 is 11.9 Å². The summed E-state index contributed by atoms with van der Waals surface area (Å²) in [6.45, 7) is 0. The molecule has 0 aromatic heterocycles. The molecule has 2 atom stereocenters. The summed E-state index contributed by atoms with van der Waals surface area (Å²) in [7, 11) is 1.45. The van der Waals surface area contributed by atoms with Crippen LogP contribution < -0.4 is 15.8 Å². The smallest absolute Gasteiger partial charge is 0.322 e. The molecule has 0 saturated heterocycles.